The normalized spacial score (nSPS) is 13.1. The van der Waals surface area contributed by atoms with Crippen LogP contribution in [0.25, 0.3) is 0 Å². The van der Waals surface area contributed by atoms with Crippen molar-refractivity contribution >= 4 is 11.8 Å². The second kappa shape index (κ2) is 6.65. The van der Waals surface area contributed by atoms with Crippen molar-refractivity contribution in [3.63, 3.8) is 0 Å². The molecule has 1 heterocycles. The lowest BCUT2D eigenvalue weighted by Gasteiger charge is -2.29. The molecule has 0 fully saturated rings. The maximum Gasteiger partial charge on any atom is 0.343 e. The minimum Gasteiger partial charge on any atom is -0.462 e. The quantitative estimate of drug-likeness (QED) is 0.834. The van der Waals surface area contributed by atoms with Gasteiger partial charge in [0.05, 0.1) is 6.61 Å². The minimum atomic E-state index is -0.514. The van der Waals surface area contributed by atoms with Gasteiger partial charge < -0.3 is 15.2 Å². The zero-order valence-electron chi connectivity index (χ0n) is 12.8. The molecule has 0 aromatic carbocycles. The number of carbonyl (C=O) groups excluding carboxylic acids is 1. The van der Waals surface area contributed by atoms with E-state index in [2.05, 4.69) is 9.97 Å². The highest BCUT2D eigenvalue weighted by molar-refractivity contribution is 5.93. The number of hydrogen-bond donors (Lipinski definition) is 1. The van der Waals surface area contributed by atoms with Crippen LogP contribution in [-0.4, -0.2) is 29.2 Å². The van der Waals surface area contributed by atoms with Gasteiger partial charge >= 0.3 is 5.97 Å². The van der Waals surface area contributed by atoms with E-state index in [4.69, 9.17) is 15.2 Å². The molecule has 112 valence electrons. The highest BCUT2D eigenvalue weighted by atomic mass is 16.5. The van der Waals surface area contributed by atoms with Gasteiger partial charge in [0.25, 0.3) is 0 Å². The molecule has 0 amide bonds. The van der Waals surface area contributed by atoms with Gasteiger partial charge in [-0.25, -0.2) is 14.8 Å². The molecule has 0 bridgehead atoms. The third-order valence-corrected chi connectivity index (χ3v) is 2.69. The first-order chi connectivity index (χ1) is 9.31. The first kappa shape index (κ1) is 16.4. The Morgan fingerprint density at radius 3 is 2.45 bits per heavy atom. The summed E-state index contributed by atoms with van der Waals surface area (Å²) in [6.45, 7) is 10.6. The number of nitrogens with zero attached hydrogens (tertiary/aromatic N) is 2. The van der Waals surface area contributed by atoms with Gasteiger partial charge in [0.1, 0.15) is 17.5 Å². The summed E-state index contributed by atoms with van der Waals surface area (Å²) < 4.78 is 10.6. The lowest BCUT2D eigenvalue weighted by Crippen LogP contribution is -2.24. The minimum absolute atomic E-state index is 0.113. The molecule has 6 nitrogen and oxygen atoms in total. The van der Waals surface area contributed by atoms with Crippen molar-refractivity contribution in [3.8, 4) is 0 Å². The van der Waals surface area contributed by atoms with E-state index in [0.29, 0.717) is 12.4 Å². The van der Waals surface area contributed by atoms with Crippen LogP contribution in [0.15, 0.2) is 6.20 Å². The Hall–Kier alpha value is -1.69. The fraction of sp³-hybridized carbons (Fsp3) is 0.643. The highest BCUT2D eigenvalue weighted by Crippen LogP contribution is 2.34. The predicted molar refractivity (Wildman–Crippen MR) is 76.2 cm³/mol. The molecule has 20 heavy (non-hydrogen) atoms. The van der Waals surface area contributed by atoms with Gasteiger partial charge in [0.2, 0.25) is 0 Å². The molecule has 0 saturated heterocycles. The van der Waals surface area contributed by atoms with Gasteiger partial charge in [0, 0.05) is 12.8 Å². The van der Waals surface area contributed by atoms with Crippen LogP contribution in [0.5, 0.6) is 0 Å². The number of anilines is 1. The molecular weight excluding hydrogens is 258 g/mol. The first-order valence-electron chi connectivity index (χ1n) is 6.72. The van der Waals surface area contributed by atoms with Crippen LogP contribution < -0.4 is 5.73 Å². The lowest BCUT2D eigenvalue weighted by molar-refractivity contribution is -0.0190. The molecule has 1 aromatic rings. The maximum absolute atomic E-state index is 11.7. The molecule has 0 aliphatic heterocycles. The topological polar surface area (TPSA) is 87.3 Å². The van der Waals surface area contributed by atoms with E-state index in [0.717, 1.165) is 0 Å². The molecule has 1 atom stereocenters. The molecule has 1 rings (SSSR count). The number of rotatable bonds is 5. The second-order valence-electron chi connectivity index (χ2n) is 5.45. The monoisotopic (exact) mass is 281 g/mol. The third-order valence-electron chi connectivity index (χ3n) is 2.69. The Labute approximate surface area is 119 Å². The summed E-state index contributed by atoms with van der Waals surface area (Å²) in [4.78, 5) is 20.1. The Bertz CT molecular complexity index is 469. The number of ether oxygens (including phenoxy) is 2. The van der Waals surface area contributed by atoms with Crippen LogP contribution >= 0.6 is 0 Å². The fourth-order valence-corrected chi connectivity index (χ4v) is 1.78. The number of aromatic nitrogens is 2. The smallest absolute Gasteiger partial charge is 0.343 e. The van der Waals surface area contributed by atoms with Gasteiger partial charge in [-0.1, -0.05) is 20.8 Å². The molecule has 1 aromatic heterocycles. The number of carbonyl (C=O) groups is 1. The van der Waals surface area contributed by atoms with E-state index < -0.39 is 5.97 Å². The van der Waals surface area contributed by atoms with E-state index in [1.165, 1.54) is 6.20 Å². The highest BCUT2D eigenvalue weighted by Gasteiger charge is 2.30. The van der Waals surface area contributed by atoms with Gasteiger partial charge in [-0.3, -0.25) is 0 Å². The van der Waals surface area contributed by atoms with Crippen molar-refractivity contribution < 1.29 is 14.3 Å². The average molecular weight is 281 g/mol. The summed E-state index contributed by atoms with van der Waals surface area (Å²) in [6, 6.07) is 0. The summed E-state index contributed by atoms with van der Waals surface area (Å²) in [6.07, 6.45) is 1.11. The Morgan fingerprint density at radius 2 is 2.00 bits per heavy atom. The van der Waals surface area contributed by atoms with Crippen LogP contribution in [0, 0.1) is 5.41 Å². The van der Waals surface area contributed by atoms with E-state index >= 15 is 0 Å². The number of hydrogen-bond acceptors (Lipinski definition) is 6. The van der Waals surface area contributed by atoms with Gasteiger partial charge in [-0.2, -0.15) is 0 Å². The van der Waals surface area contributed by atoms with Crippen molar-refractivity contribution in [1.82, 2.24) is 9.97 Å². The van der Waals surface area contributed by atoms with Crippen molar-refractivity contribution in [2.24, 2.45) is 5.41 Å². The number of esters is 1. The molecule has 0 saturated carbocycles. The summed E-state index contributed by atoms with van der Waals surface area (Å²) in [5.41, 5.74) is 5.83. The Morgan fingerprint density at radius 1 is 1.35 bits per heavy atom. The predicted octanol–water partition coefficient (Wildman–Crippen LogP) is 2.36. The molecule has 0 aliphatic rings. The largest absolute Gasteiger partial charge is 0.462 e. The van der Waals surface area contributed by atoms with Crippen molar-refractivity contribution in [1.29, 1.82) is 0 Å². The zero-order chi connectivity index (χ0) is 15.3. The second-order valence-corrected chi connectivity index (χ2v) is 5.45. The van der Waals surface area contributed by atoms with Crippen molar-refractivity contribution in [2.75, 3.05) is 18.9 Å². The van der Waals surface area contributed by atoms with Crippen LogP contribution in [0.2, 0.25) is 0 Å². The van der Waals surface area contributed by atoms with Crippen molar-refractivity contribution in [2.45, 2.75) is 40.7 Å². The van der Waals surface area contributed by atoms with Gasteiger partial charge in [-0.15, -0.1) is 0 Å². The molecule has 1 unspecified atom stereocenters. The van der Waals surface area contributed by atoms with E-state index in [1.54, 1.807) is 6.92 Å². The van der Waals surface area contributed by atoms with Crippen LogP contribution in [0.4, 0.5) is 5.82 Å². The average Bonchev–Trinajstić information content (AvgIpc) is 2.34. The maximum atomic E-state index is 11.7. The molecule has 0 radical (unpaired) electrons. The molecule has 0 aliphatic carbocycles. The van der Waals surface area contributed by atoms with Crippen molar-refractivity contribution in [3.05, 3.63) is 17.6 Å². The van der Waals surface area contributed by atoms with Crippen LogP contribution in [-0.2, 0) is 9.47 Å². The fourth-order valence-electron chi connectivity index (χ4n) is 1.78. The SMILES string of the molecule is CCOC(=O)c1cnc(C(OCC)C(C)(C)C)nc1N. The number of nitrogens with two attached hydrogens (primary N) is 1. The van der Waals surface area contributed by atoms with Gasteiger partial charge in [0.15, 0.2) is 5.82 Å². The Balaban J connectivity index is 3.09. The summed E-state index contributed by atoms with van der Waals surface area (Å²) in [5.74, 6) is 0.0765. The summed E-state index contributed by atoms with van der Waals surface area (Å²) in [5, 5.41) is 0. The Kier molecular flexibility index (Phi) is 5.44. The third kappa shape index (κ3) is 3.90. The van der Waals surface area contributed by atoms with Crippen LogP contribution in [0.1, 0.15) is 56.9 Å². The zero-order valence-corrected chi connectivity index (χ0v) is 12.8. The molecular formula is C14H23N3O3. The lowest BCUT2D eigenvalue weighted by atomic mass is 9.88. The molecule has 0 spiro atoms. The van der Waals surface area contributed by atoms with E-state index in [1.807, 2.05) is 27.7 Å². The summed E-state index contributed by atoms with van der Waals surface area (Å²) >= 11 is 0. The number of nitrogen functional groups attached to an aromatic ring is 1. The standard InChI is InChI=1S/C14H23N3O3/c1-6-19-10(14(3,4)5)12-16-8-9(11(15)17-12)13(18)20-7-2/h8,10H,6-7H2,1-5H3,(H2,15,16,17). The van der Waals surface area contributed by atoms with E-state index in [9.17, 15) is 4.79 Å². The van der Waals surface area contributed by atoms with Gasteiger partial charge in [-0.05, 0) is 19.3 Å². The summed E-state index contributed by atoms with van der Waals surface area (Å²) in [7, 11) is 0. The van der Waals surface area contributed by atoms with Crippen LogP contribution in [0.3, 0.4) is 0 Å². The first-order valence-corrected chi connectivity index (χ1v) is 6.72. The van der Waals surface area contributed by atoms with E-state index in [-0.39, 0.29) is 29.5 Å². The molecule has 6 heteroatoms. The molecule has 2 N–H and O–H groups in total.